The lowest BCUT2D eigenvalue weighted by Gasteiger charge is -2.09. The molecule has 0 bridgehead atoms. The van der Waals surface area contributed by atoms with E-state index in [0.717, 1.165) is 16.5 Å². The maximum Gasteiger partial charge on any atom is 0.407 e. The van der Waals surface area contributed by atoms with Gasteiger partial charge >= 0.3 is 6.09 Å². The van der Waals surface area contributed by atoms with E-state index in [2.05, 4.69) is 46.4 Å². The van der Waals surface area contributed by atoms with Crippen LogP contribution in [0, 0.1) is 12.8 Å². The van der Waals surface area contributed by atoms with Gasteiger partial charge in [-0.15, -0.1) is 0 Å². The van der Waals surface area contributed by atoms with E-state index in [4.69, 9.17) is 4.74 Å². The molecule has 0 aliphatic heterocycles. The first-order valence-corrected chi connectivity index (χ1v) is 8.64. The third-order valence-corrected chi connectivity index (χ3v) is 5.21. The second-order valence-electron chi connectivity index (χ2n) is 6.00. The maximum absolute atomic E-state index is 11.8. The molecule has 0 saturated heterocycles. The van der Waals surface area contributed by atoms with Crippen LogP contribution < -0.4 is 5.32 Å². The molecule has 4 heteroatoms. The van der Waals surface area contributed by atoms with Gasteiger partial charge in [-0.25, -0.2) is 4.79 Å². The SMILES string of the molecule is Cc1c(Br)cccc1[C@@H]1C[C@H]1CNC(=O)OCc1ccccc1. The van der Waals surface area contributed by atoms with E-state index in [0.29, 0.717) is 25.0 Å². The summed E-state index contributed by atoms with van der Waals surface area (Å²) < 4.78 is 6.38. The molecule has 3 nitrogen and oxygen atoms in total. The van der Waals surface area contributed by atoms with Crippen molar-refractivity contribution in [3.05, 3.63) is 69.7 Å². The fraction of sp³-hybridized carbons (Fsp3) is 0.316. The minimum atomic E-state index is -0.342. The Bertz CT molecular complexity index is 687. The molecule has 1 fully saturated rings. The molecule has 1 amide bonds. The van der Waals surface area contributed by atoms with E-state index < -0.39 is 0 Å². The average Bonchev–Trinajstić information content (AvgIpc) is 3.34. The van der Waals surface area contributed by atoms with Crippen LogP contribution in [0.1, 0.15) is 29.0 Å². The lowest BCUT2D eigenvalue weighted by atomic mass is 10.0. The third kappa shape index (κ3) is 4.14. The smallest absolute Gasteiger partial charge is 0.407 e. The number of hydrogen-bond acceptors (Lipinski definition) is 2. The highest BCUT2D eigenvalue weighted by atomic mass is 79.9. The summed E-state index contributed by atoms with van der Waals surface area (Å²) >= 11 is 3.58. The number of rotatable bonds is 5. The van der Waals surface area contributed by atoms with Crippen molar-refractivity contribution < 1.29 is 9.53 Å². The molecule has 2 aromatic rings. The summed E-state index contributed by atoms with van der Waals surface area (Å²) in [7, 11) is 0. The Morgan fingerprint density at radius 3 is 2.78 bits per heavy atom. The van der Waals surface area contributed by atoms with Crippen LogP contribution in [-0.2, 0) is 11.3 Å². The monoisotopic (exact) mass is 373 g/mol. The van der Waals surface area contributed by atoms with Crippen molar-refractivity contribution in [2.24, 2.45) is 5.92 Å². The molecule has 1 aliphatic rings. The Balaban J connectivity index is 1.43. The number of benzene rings is 2. The molecule has 1 aliphatic carbocycles. The Kier molecular flexibility index (Phi) is 5.01. The molecular formula is C19H20BrNO2. The number of nitrogens with one attached hydrogen (secondary N) is 1. The molecule has 3 rings (SSSR count). The van der Waals surface area contributed by atoms with E-state index in [1.807, 2.05) is 30.3 Å². The normalized spacial score (nSPS) is 19.2. The standard InChI is InChI=1S/C19H20BrNO2/c1-13-16(8-5-9-18(13)20)17-10-15(17)11-21-19(22)23-12-14-6-3-2-4-7-14/h2-9,15,17H,10-12H2,1H3,(H,21,22)/t15-,17+/m0/s1. The zero-order valence-corrected chi connectivity index (χ0v) is 14.7. The summed E-state index contributed by atoms with van der Waals surface area (Å²) in [6, 6.07) is 16.0. The van der Waals surface area contributed by atoms with Gasteiger partial charge in [0.2, 0.25) is 0 Å². The van der Waals surface area contributed by atoms with Crippen LogP contribution in [0.5, 0.6) is 0 Å². The number of ether oxygens (including phenoxy) is 1. The van der Waals surface area contributed by atoms with Crippen LogP contribution in [0.2, 0.25) is 0 Å². The molecule has 0 unspecified atom stereocenters. The van der Waals surface area contributed by atoms with Gasteiger partial charge in [0.05, 0.1) is 0 Å². The van der Waals surface area contributed by atoms with Gasteiger partial charge in [0.25, 0.3) is 0 Å². The highest BCUT2D eigenvalue weighted by Gasteiger charge is 2.39. The van der Waals surface area contributed by atoms with Crippen LogP contribution in [-0.4, -0.2) is 12.6 Å². The summed E-state index contributed by atoms with van der Waals surface area (Å²) in [6.45, 7) is 3.12. The second kappa shape index (κ2) is 7.18. The van der Waals surface area contributed by atoms with E-state index in [-0.39, 0.29) is 6.09 Å². The average molecular weight is 374 g/mol. The fourth-order valence-corrected chi connectivity index (χ4v) is 3.25. The zero-order chi connectivity index (χ0) is 16.2. The summed E-state index contributed by atoms with van der Waals surface area (Å²) in [5.74, 6) is 1.05. The van der Waals surface area contributed by atoms with Crippen LogP contribution in [0.15, 0.2) is 53.0 Å². The van der Waals surface area contributed by atoms with Gasteiger partial charge < -0.3 is 10.1 Å². The van der Waals surface area contributed by atoms with Gasteiger partial charge in [-0.1, -0.05) is 58.4 Å². The van der Waals surface area contributed by atoms with Gasteiger partial charge in [0.1, 0.15) is 6.61 Å². The van der Waals surface area contributed by atoms with Gasteiger partial charge in [-0.05, 0) is 47.9 Å². The van der Waals surface area contributed by atoms with Crippen molar-refractivity contribution >= 4 is 22.0 Å². The Morgan fingerprint density at radius 2 is 2.00 bits per heavy atom. The van der Waals surface area contributed by atoms with E-state index in [1.165, 1.54) is 11.1 Å². The number of hydrogen-bond donors (Lipinski definition) is 1. The molecule has 1 N–H and O–H groups in total. The third-order valence-electron chi connectivity index (χ3n) is 4.35. The Hall–Kier alpha value is -1.81. The fourth-order valence-electron chi connectivity index (χ4n) is 2.87. The highest BCUT2D eigenvalue weighted by Crippen LogP contribution is 2.48. The van der Waals surface area contributed by atoms with Crippen LogP contribution in [0.25, 0.3) is 0 Å². The predicted molar refractivity (Wildman–Crippen MR) is 94.4 cm³/mol. The van der Waals surface area contributed by atoms with Gasteiger partial charge in [-0.3, -0.25) is 0 Å². The van der Waals surface area contributed by atoms with Gasteiger partial charge in [0, 0.05) is 11.0 Å². The number of carbonyl (C=O) groups is 1. The minimum Gasteiger partial charge on any atom is -0.445 e. The lowest BCUT2D eigenvalue weighted by Crippen LogP contribution is -2.26. The molecular weight excluding hydrogens is 354 g/mol. The van der Waals surface area contributed by atoms with Crippen molar-refractivity contribution in [1.29, 1.82) is 0 Å². The summed E-state index contributed by atoms with van der Waals surface area (Å²) in [5.41, 5.74) is 3.67. The minimum absolute atomic E-state index is 0.311. The van der Waals surface area contributed by atoms with Crippen molar-refractivity contribution in [3.63, 3.8) is 0 Å². The quantitative estimate of drug-likeness (QED) is 0.818. The zero-order valence-electron chi connectivity index (χ0n) is 13.1. The van der Waals surface area contributed by atoms with Crippen LogP contribution in [0.4, 0.5) is 4.79 Å². The summed E-state index contributed by atoms with van der Waals surface area (Å²) in [6.07, 6.45) is 0.779. The number of carbonyl (C=O) groups excluding carboxylic acids is 1. The summed E-state index contributed by atoms with van der Waals surface area (Å²) in [5, 5.41) is 2.88. The molecule has 2 aromatic carbocycles. The van der Waals surface area contributed by atoms with Crippen molar-refractivity contribution in [3.8, 4) is 0 Å². The maximum atomic E-state index is 11.8. The molecule has 2 atom stereocenters. The van der Waals surface area contributed by atoms with E-state index >= 15 is 0 Å². The first-order chi connectivity index (χ1) is 11.1. The van der Waals surface area contributed by atoms with E-state index in [9.17, 15) is 4.79 Å². The topological polar surface area (TPSA) is 38.3 Å². The lowest BCUT2D eigenvalue weighted by molar-refractivity contribution is 0.139. The molecule has 1 saturated carbocycles. The Labute approximate surface area is 145 Å². The van der Waals surface area contributed by atoms with Gasteiger partial charge in [-0.2, -0.15) is 0 Å². The first-order valence-electron chi connectivity index (χ1n) is 7.84. The molecule has 0 heterocycles. The Morgan fingerprint density at radius 1 is 1.22 bits per heavy atom. The van der Waals surface area contributed by atoms with Crippen molar-refractivity contribution in [1.82, 2.24) is 5.32 Å². The van der Waals surface area contributed by atoms with Gasteiger partial charge in [0.15, 0.2) is 0 Å². The highest BCUT2D eigenvalue weighted by molar-refractivity contribution is 9.10. The molecule has 23 heavy (non-hydrogen) atoms. The largest absolute Gasteiger partial charge is 0.445 e. The molecule has 0 aromatic heterocycles. The van der Waals surface area contributed by atoms with Crippen molar-refractivity contribution in [2.75, 3.05) is 6.54 Å². The number of alkyl carbamates (subject to hydrolysis) is 1. The number of halogens is 1. The van der Waals surface area contributed by atoms with Crippen molar-refractivity contribution in [2.45, 2.75) is 25.9 Å². The van der Waals surface area contributed by atoms with Crippen LogP contribution in [0.3, 0.4) is 0 Å². The molecule has 0 spiro atoms. The van der Waals surface area contributed by atoms with E-state index in [1.54, 1.807) is 0 Å². The molecule has 0 radical (unpaired) electrons. The first kappa shape index (κ1) is 16.1. The summed E-state index contributed by atoms with van der Waals surface area (Å²) in [4.78, 5) is 11.8. The van der Waals surface area contributed by atoms with Crippen LogP contribution >= 0.6 is 15.9 Å². The second-order valence-corrected chi connectivity index (χ2v) is 6.85. The number of amides is 1. The predicted octanol–water partition coefficient (Wildman–Crippen LogP) is 4.79. The molecule has 120 valence electrons.